The molecule has 0 saturated heterocycles. The third kappa shape index (κ3) is 10.3. The van der Waals surface area contributed by atoms with Crippen molar-refractivity contribution in [2.75, 3.05) is 13.6 Å². The van der Waals surface area contributed by atoms with Crippen LogP contribution in [0.1, 0.15) is 45.3 Å². The smallest absolute Gasteiger partial charge is 0.434 e. The first-order valence-electron chi connectivity index (χ1n) is 8.19. The first-order chi connectivity index (χ1) is 12.2. The molecular formula is C16H27F3IN5O2S. The average molecular weight is 537 g/mol. The predicted molar refractivity (Wildman–Crippen MR) is 114 cm³/mol. The zero-order valence-electron chi connectivity index (χ0n) is 16.7. The molecule has 0 spiro atoms. The number of hydrogen-bond donors (Lipinski definition) is 3. The summed E-state index contributed by atoms with van der Waals surface area (Å²) in [4.78, 5) is 19.4. The molecule has 1 amide bonds. The van der Waals surface area contributed by atoms with Gasteiger partial charge in [0.2, 0.25) is 0 Å². The van der Waals surface area contributed by atoms with Crippen LogP contribution in [0.2, 0.25) is 0 Å². The molecule has 0 radical (unpaired) electrons. The minimum Gasteiger partial charge on any atom is -0.444 e. The van der Waals surface area contributed by atoms with Crippen molar-refractivity contribution in [3.8, 4) is 0 Å². The number of nitrogens with zero attached hydrogens (tertiary/aromatic N) is 2. The molecule has 1 heterocycles. The molecule has 0 bridgehead atoms. The number of nitrogens with one attached hydrogen (secondary N) is 3. The monoisotopic (exact) mass is 537 g/mol. The second kappa shape index (κ2) is 10.5. The molecule has 0 aliphatic heterocycles. The Hall–Kier alpha value is -1.31. The zero-order valence-corrected chi connectivity index (χ0v) is 19.8. The van der Waals surface area contributed by atoms with Crippen LogP contribution < -0.4 is 16.0 Å². The number of guanidine groups is 1. The molecule has 7 nitrogen and oxygen atoms in total. The molecule has 0 fully saturated rings. The van der Waals surface area contributed by atoms with E-state index < -0.39 is 29.1 Å². The van der Waals surface area contributed by atoms with Crippen LogP contribution in [-0.4, -0.2) is 41.8 Å². The Balaban J connectivity index is 0.00000729. The number of aromatic nitrogens is 1. The fraction of sp³-hybridized carbons (Fsp3) is 0.688. The second-order valence-electron chi connectivity index (χ2n) is 7.41. The maximum absolute atomic E-state index is 12.6. The van der Waals surface area contributed by atoms with Gasteiger partial charge in [0.1, 0.15) is 10.6 Å². The van der Waals surface area contributed by atoms with Gasteiger partial charge < -0.3 is 20.7 Å². The van der Waals surface area contributed by atoms with E-state index in [4.69, 9.17) is 4.74 Å². The van der Waals surface area contributed by atoms with Crippen molar-refractivity contribution in [1.29, 1.82) is 0 Å². The Morgan fingerprint density at radius 2 is 1.82 bits per heavy atom. The molecule has 0 saturated carbocycles. The Morgan fingerprint density at radius 3 is 2.29 bits per heavy atom. The number of amides is 1. The maximum atomic E-state index is 12.6. The minimum absolute atomic E-state index is 0. The van der Waals surface area contributed by atoms with E-state index in [1.165, 1.54) is 7.05 Å². The molecular weight excluding hydrogens is 510 g/mol. The molecule has 162 valence electrons. The molecule has 0 unspecified atom stereocenters. The van der Waals surface area contributed by atoms with E-state index >= 15 is 0 Å². The van der Waals surface area contributed by atoms with Gasteiger partial charge in [-0.05, 0) is 34.6 Å². The lowest BCUT2D eigenvalue weighted by atomic mass is 10.1. The van der Waals surface area contributed by atoms with Gasteiger partial charge in [-0.25, -0.2) is 9.78 Å². The molecule has 0 aliphatic rings. The minimum atomic E-state index is -4.45. The number of hydrogen-bond acceptors (Lipinski definition) is 5. The maximum Gasteiger partial charge on any atom is 0.434 e. The zero-order chi connectivity index (χ0) is 20.9. The number of ether oxygens (including phenoxy) is 1. The highest BCUT2D eigenvalue weighted by molar-refractivity contribution is 14.0. The third-order valence-corrected chi connectivity index (χ3v) is 3.86. The van der Waals surface area contributed by atoms with Crippen LogP contribution in [0.3, 0.4) is 0 Å². The highest BCUT2D eigenvalue weighted by Gasteiger charge is 2.33. The van der Waals surface area contributed by atoms with Gasteiger partial charge in [-0.3, -0.25) is 4.99 Å². The fourth-order valence-electron chi connectivity index (χ4n) is 1.83. The Morgan fingerprint density at radius 1 is 1.21 bits per heavy atom. The third-order valence-electron chi connectivity index (χ3n) is 3.01. The number of halogens is 4. The summed E-state index contributed by atoms with van der Waals surface area (Å²) >= 11 is 0.916. The summed E-state index contributed by atoms with van der Waals surface area (Å²) in [6, 6.07) is 0. The Kier molecular flexibility index (Phi) is 9.97. The van der Waals surface area contributed by atoms with Crippen LogP contribution in [0.15, 0.2) is 10.4 Å². The van der Waals surface area contributed by atoms with Gasteiger partial charge in [0.05, 0.1) is 12.1 Å². The van der Waals surface area contributed by atoms with Gasteiger partial charge in [0.25, 0.3) is 0 Å². The van der Waals surface area contributed by atoms with Crippen molar-refractivity contribution >= 4 is 47.4 Å². The van der Waals surface area contributed by atoms with Crippen LogP contribution in [0.25, 0.3) is 0 Å². The highest BCUT2D eigenvalue weighted by Crippen LogP contribution is 2.29. The summed E-state index contributed by atoms with van der Waals surface area (Å²) in [5.74, 6) is 0.373. The lowest BCUT2D eigenvalue weighted by molar-refractivity contribution is -0.140. The quantitative estimate of drug-likeness (QED) is 0.303. The summed E-state index contributed by atoms with van der Waals surface area (Å²) in [7, 11) is 1.53. The summed E-state index contributed by atoms with van der Waals surface area (Å²) in [6.07, 6.45) is -4.99. The molecule has 1 rings (SSSR count). The number of rotatable bonds is 5. The van der Waals surface area contributed by atoms with Crippen molar-refractivity contribution in [2.24, 2.45) is 4.99 Å². The van der Waals surface area contributed by atoms with E-state index in [1.807, 2.05) is 0 Å². The van der Waals surface area contributed by atoms with Crippen LogP contribution >= 0.6 is 35.3 Å². The van der Waals surface area contributed by atoms with Crippen LogP contribution in [0.5, 0.6) is 0 Å². The topological polar surface area (TPSA) is 87.6 Å². The van der Waals surface area contributed by atoms with E-state index in [0.717, 1.165) is 16.7 Å². The number of alkyl carbamates (subject to hydrolysis) is 1. The standard InChI is InChI=1S/C16H26F3N5O2S.HI/c1-14(2,3)26-13(25)24-15(4,5)9-22-12(20-6)21-7-11-23-10(8-27-11)16(17,18)19;/h8H,7,9H2,1-6H3,(H,24,25)(H2,20,21,22);1H. The number of alkyl halides is 3. The molecule has 3 N–H and O–H groups in total. The van der Waals surface area contributed by atoms with Gasteiger partial charge in [-0.1, -0.05) is 0 Å². The second-order valence-corrected chi connectivity index (χ2v) is 8.36. The SMILES string of the molecule is CN=C(NCc1nc(C(F)(F)F)cs1)NCC(C)(C)NC(=O)OC(C)(C)C.I. The van der Waals surface area contributed by atoms with Crippen molar-refractivity contribution < 1.29 is 22.7 Å². The van der Waals surface area contributed by atoms with E-state index in [9.17, 15) is 18.0 Å². The Labute approximate surface area is 183 Å². The van der Waals surface area contributed by atoms with E-state index in [0.29, 0.717) is 12.5 Å². The number of thiazole rings is 1. The largest absolute Gasteiger partial charge is 0.444 e. The molecule has 12 heteroatoms. The van der Waals surface area contributed by atoms with Crippen LogP contribution in [0.4, 0.5) is 18.0 Å². The molecule has 1 aromatic rings. The summed E-state index contributed by atoms with van der Waals surface area (Å²) in [5.41, 5.74) is -2.16. The number of carbonyl (C=O) groups excluding carboxylic acids is 1. The molecule has 0 aliphatic carbocycles. The first-order valence-corrected chi connectivity index (χ1v) is 9.07. The van der Waals surface area contributed by atoms with Crippen molar-refractivity contribution in [3.05, 3.63) is 16.1 Å². The van der Waals surface area contributed by atoms with E-state index in [-0.39, 0.29) is 35.5 Å². The summed E-state index contributed by atoms with van der Waals surface area (Å²) in [5, 5.41) is 9.90. The van der Waals surface area contributed by atoms with E-state index in [1.54, 1.807) is 34.6 Å². The molecule has 0 atom stereocenters. The fourth-order valence-corrected chi connectivity index (χ4v) is 2.57. The van der Waals surface area contributed by atoms with Gasteiger partial charge >= 0.3 is 12.3 Å². The predicted octanol–water partition coefficient (Wildman–Crippen LogP) is 3.75. The Bertz CT molecular complexity index is 672. The summed E-state index contributed by atoms with van der Waals surface area (Å²) in [6.45, 7) is 9.32. The molecule has 1 aromatic heterocycles. The van der Waals surface area contributed by atoms with Crippen LogP contribution in [0, 0.1) is 0 Å². The highest BCUT2D eigenvalue weighted by atomic mass is 127. The first kappa shape index (κ1) is 26.7. The van der Waals surface area contributed by atoms with Crippen molar-refractivity contribution in [2.45, 2.75) is 58.5 Å². The number of aliphatic imine (C=N–C) groups is 1. The van der Waals surface area contributed by atoms with E-state index in [2.05, 4.69) is 25.9 Å². The normalized spacial score (nSPS) is 12.8. The lowest BCUT2D eigenvalue weighted by Crippen LogP contribution is -2.54. The number of carbonyl (C=O) groups is 1. The lowest BCUT2D eigenvalue weighted by Gasteiger charge is -2.29. The van der Waals surface area contributed by atoms with Gasteiger partial charge in [0.15, 0.2) is 11.7 Å². The van der Waals surface area contributed by atoms with Gasteiger partial charge in [0, 0.05) is 19.0 Å². The van der Waals surface area contributed by atoms with Crippen LogP contribution in [-0.2, 0) is 17.5 Å². The summed E-state index contributed by atoms with van der Waals surface area (Å²) < 4.78 is 42.9. The molecule has 28 heavy (non-hydrogen) atoms. The molecule has 0 aromatic carbocycles. The average Bonchev–Trinajstić information content (AvgIpc) is 2.93. The van der Waals surface area contributed by atoms with Crippen molar-refractivity contribution in [1.82, 2.24) is 20.9 Å². The van der Waals surface area contributed by atoms with Gasteiger partial charge in [-0.15, -0.1) is 35.3 Å². The van der Waals surface area contributed by atoms with Crippen molar-refractivity contribution in [3.63, 3.8) is 0 Å². The van der Waals surface area contributed by atoms with Gasteiger partial charge in [-0.2, -0.15) is 13.2 Å².